The van der Waals surface area contributed by atoms with Gasteiger partial charge in [0.25, 0.3) is 5.92 Å². The molecule has 3 aliphatic rings. The monoisotopic (exact) mass is 861 g/mol. The molecule has 0 radical (unpaired) electrons. The van der Waals surface area contributed by atoms with Crippen molar-refractivity contribution in [2.75, 3.05) is 11.0 Å². The molecule has 3 N–H and O–H groups in total. The maximum absolute atomic E-state index is 15.5. The van der Waals surface area contributed by atoms with E-state index in [1.807, 2.05) is 0 Å². The molecule has 1 amide bonds. The Kier molecular flexibility index (Phi) is 9.32. The molecule has 0 aliphatic heterocycles. The molecule has 0 bridgehead atoms. The highest BCUT2D eigenvalue weighted by Gasteiger charge is 2.62. The van der Waals surface area contributed by atoms with Crippen molar-refractivity contribution >= 4 is 32.7 Å². The van der Waals surface area contributed by atoms with E-state index in [0.717, 1.165) is 18.4 Å². The predicted molar refractivity (Wildman–Crippen MR) is 194 cm³/mol. The van der Waals surface area contributed by atoms with Gasteiger partial charge in [-0.1, -0.05) is 29.9 Å². The first-order valence-electron chi connectivity index (χ1n) is 17.8. The molecule has 0 spiro atoms. The van der Waals surface area contributed by atoms with Gasteiger partial charge in [0.2, 0.25) is 15.9 Å². The molecule has 11 nitrogen and oxygen atoms in total. The number of carbonyl (C=O) groups is 1. The zero-order valence-electron chi connectivity index (χ0n) is 30.9. The van der Waals surface area contributed by atoms with Crippen LogP contribution in [0.2, 0.25) is 0 Å². The smallest absolute Gasteiger partial charge is 0.377 e. The van der Waals surface area contributed by atoms with E-state index < -0.39 is 112 Å². The van der Waals surface area contributed by atoms with Crippen molar-refractivity contribution in [3.8, 4) is 34.8 Å². The second-order valence-electron chi connectivity index (χ2n) is 14.9. The van der Waals surface area contributed by atoms with E-state index in [0.29, 0.717) is 11.6 Å². The highest BCUT2D eigenvalue weighted by atomic mass is 32.2. The van der Waals surface area contributed by atoms with Gasteiger partial charge in [0, 0.05) is 35.2 Å². The molecule has 60 heavy (non-hydrogen) atoms. The second-order valence-corrected chi connectivity index (χ2v) is 16.7. The van der Waals surface area contributed by atoms with Gasteiger partial charge in [-0.25, -0.2) is 31.0 Å². The lowest BCUT2D eigenvalue weighted by Gasteiger charge is -2.39. The van der Waals surface area contributed by atoms with Crippen LogP contribution in [0, 0.1) is 41.2 Å². The van der Waals surface area contributed by atoms with Gasteiger partial charge in [-0.05, 0) is 48.2 Å². The van der Waals surface area contributed by atoms with E-state index in [1.54, 1.807) is 12.1 Å². The van der Waals surface area contributed by atoms with Crippen molar-refractivity contribution in [3.05, 3.63) is 94.1 Å². The molecule has 1 fully saturated rings. The number of halogens is 9. The van der Waals surface area contributed by atoms with Crippen LogP contribution in [0.15, 0.2) is 48.5 Å². The number of aromatic nitrogens is 5. The summed E-state index contributed by atoms with van der Waals surface area (Å²) in [5.41, 5.74) is -5.36. The van der Waals surface area contributed by atoms with Crippen LogP contribution >= 0.6 is 0 Å². The Balaban J connectivity index is 1.26. The fourth-order valence-corrected chi connectivity index (χ4v) is 8.36. The van der Waals surface area contributed by atoms with E-state index in [2.05, 4.69) is 48.9 Å². The van der Waals surface area contributed by atoms with Gasteiger partial charge in [0.05, 0.1) is 42.3 Å². The molecule has 312 valence electrons. The summed E-state index contributed by atoms with van der Waals surface area (Å²) >= 11 is 0. The molecule has 0 saturated heterocycles. The number of rotatable bonds is 9. The number of aliphatic hydroxyl groups is 1. The third kappa shape index (κ3) is 7.40. The van der Waals surface area contributed by atoms with E-state index in [9.17, 15) is 49.1 Å². The number of nitrogens with one attached hydrogen (secondary N) is 2. The third-order valence-electron chi connectivity index (χ3n) is 10.2. The molecule has 8 rings (SSSR count). The van der Waals surface area contributed by atoms with Crippen molar-refractivity contribution in [1.29, 1.82) is 0 Å². The average Bonchev–Trinajstić information content (AvgIpc) is 3.66. The van der Waals surface area contributed by atoms with Crippen LogP contribution in [-0.4, -0.2) is 61.8 Å². The van der Waals surface area contributed by atoms with Crippen LogP contribution in [0.3, 0.4) is 0 Å². The Labute approximate surface area is 334 Å². The number of hydrogen-bond donors (Lipinski definition) is 3. The van der Waals surface area contributed by atoms with Crippen molar-refractivity contribution in [2.24, 2.45) is 13.0 Å². The van der Waals surface area contributed by atoms with Crippen LogP contribution in [0.25, 0.3) is 22.0 Å². The van der Waals surface area contributed by atoms with Gasteiger partial charge in [-0.2, -0.15) is 32.1 Å². The van der Waals surface area contributed by atoms with Crippen molar-refractivity contribution in [1.82, 2.24) is 29.9 Å². The number of anilines is 1. The highest BCUT2D eigenvalue weighted by molar-refractivity contribution is 7.92. The normalized spacial score (nSPS) is 19.7. The summed E-state index contributed by atoms with van der Waals surface area (Å²) in [6.45, 7) is -1.20. The van der Waals surface area contributed by atoms with Gasteiger partial charge >= 0.3 is 12.1 Å². The topological polar surface area (TPSA) is 144 Å². The minimum atomic E-state index is -5.19. The lowest BCUT2D eigenvalue weighted by Crippen LogP contribution is -2.50. The zero-order chi connectivity index (χ0) is 43.3. The number of para-hydroxylation sites is 1. The summed E-state index contributed by atoms with van der Waals surface area (Å²) in [5, 5.41) is 21.0. The number of sulfonamides is 1. The fourth-order valence-electron chi connectivity index (χ4n) is 7.85. The van der Waals surface area contributed by atoms with Crippen LogP contribution in [0.4, 0.5) is 45.3 Å². The first-order valence-corrected chi connectivity index (χ1v) is 19.7. The SMILES string of the molecule is Cn1nc(NS(C)(=O)=O)c2cccc(-c3ccc(C#CC4(O)CC(F)(F)C4)nc3C(Cc3cc(F)cc(F)c3)NC(=O)Cn3nc(C(F)(F)F)c4c3C(F)(F)[C@@H]3C#C[C@H]43)c21. The van der Waals surface area contributed by atoms with Crippen molar-refractivity contribution < 1.29 is 57.8 Å². The van der Waals surface area contributed by atoms with Crippen LogP contribution < -0.4 is 10.0 Å². The summed E-state index contributed by atoms with van der Waals surface area (Å²) in [7, 11) is -2.35. The molecule has 2 aromatic carbocycles. The fraction of sp³-hybridized carbons (Fsp3) is 0.333. The third-order valence-corrected chi connectivity index (χ3v) is 10.8. The number of alkyl halides is 7. The Morgan fingerprint density at radius 3 is 2.35 bits per heavy atom. The summed E-state index contributed by atoms with van der Waals surface area (Å²) in [6, 6.07) is 8.31. The zero-order valence-corrected chi connectivity index (χ0v) is 31.7. The first kappa shape index (κ1) is 40.7. The number of carbonyl (C=O) groups excluding carboxylic acids is 1. The predicted octanol–water partition coefficient (Wildman–Crippen LogP) is 5.93. The average molecular weight is 862 g/mol. The Hall–Kier alpha value is -6.06. The lowest BCUT2D eigenvalue weighted by atomic mass is 9.77. The van der Waals surface area contributed by atoms with Gasteiger partial charge in [-0.3, -0.25) is 18.9 Å². The highest BCUT2D eigenvalue weighted by Crippen LogP contribution is 2.58. The van der Waals surface area contributed by atoms with E-state index in [-0.39, 0.29) is 44.0 Å². The van der Waals surface area contributed by atoms with Crippen LogP contribution in [0.5, 0.6) is 0 Å². The quantitative estimate of drug-likeness (QED) is 0.123. The molecule has 3 atom stereocenters. The molecule has 5 aromatic rings. The Morgan fingerprint density at radius 2 is 1.73 bits per heavy atom. The standard InChI is InChI=1S/C39H28F9N7O4S/c1-54-32-24(4-3-5-26(32)35(52-54)53-60(2,58)59)23-7-6-22(10-11-36(57)17-37(42,43)18-36)49-31(23)28(14-19-12-20(40)15-21(41)13-19)50-29(56)16-55-34-30(33(51-55)39(46,47)48)25-8-9-27(25)38(34,44)45/h3-7,12-13,15,25,27-28,57H,14,16-18H2,1-2H3,(H,50,56)(H,52,53)/t25-,27+,28?/m0/s1. The second kappa shape index (κ2) is 13.7. The summed E-state index contributed by atoms with van der Waals surface area (Å²) in [4.78, 5) is 18.5. The minimum absolute atomic E-state index is 0.0694. The van der Waals surface area contributed by atoms with Crippen LogP contribution in [-0.2, 0) is 46.9 Å². The van der Waals surface area contributed by atoms with E-state index in [4.69, 9.17) is 0 Å². The van der Waals surface area contributed by atoms with Gasteiger partial charge in [0.1, 0.15) is 41.1 Å². The van der Waals surface area contributed by atoms with E-state index in [1.165, 1.54) is 29.9 Å². The maximum Gasteiger partial charge on any atom is 0.435 e. The number of fused-ring (bicyclic) bond motifs is 4. The Morgan fingerprint density at radius 1 is 1.03 bits per heavy atom. The Bertz CT molecular complexity index is 2860. The lowest BCUT2D eigenvalue weighted by molar-refractivity contribution is -0.176. The number of hydrogen-bond acceptors (Lipinski definition) is 7. The molecule has 3 aliphatic carbocycles. The van der Waals surface area contributed by atoms with Gasteiger partial charge in [0.15, 0.2) is 11.5 Å². The number of pyridine rings is 1. The van der Waals surface area contributed by atoms with Crippen molar-refractivity contribution in [2.45, 2.75) is 61.4 Å². The summed E-state index contributed by atoms with van der Waals surface area (Å²) in [6.07, 6.45) is -6.70. The molecular formula is C39H28F9N7O4S. The summed E-state index contributed by atoms with van der Waals surface area (Å²) < 4.78 is 158. The molecular weight excluding hydrogens is 834 g/mol. The molecule has 3 heterocycles. The van der Waals surface area contributed by atoms with Gasteiger partial charge < -0.3 is 10.4 Å². The number of benzene rings is 2. The molecule has 1 saturated carbocycles. The largest absolute Gasteiger partial charge is 0.435 e. The van der Waals surface area contributed by atoms with Gasteiger partial charge in [-0.15, -0.1) is 0 Å². The van der Waals surface area contributed by atoms with Crippen LogP contribution in [0.1, 0.15) is 58.7 Å². The van der Waals surface area contributed by atoms with Crippen molar-refractivity contribution in [3.63, 3.8) is 0 Å². The maximum atomic E-state index is 15.5. The number of nitrogens with zero attached hydrogens (tertiary/aromatic N) is 5. The first-order chi connectivity index (χ1) is 27.9. The van der Waals surface area contributed by atoms with E-state index >= 15 is 8.78 Å². The molecule has 3 aromatic heterocycles. The molecule has 21 heteroatoms. The minimum Gasteiger partial charge on any atom is -0.377 e. The summed E-state index contributed by atoms with van der Waals surface area (Å²) in [5.74, 6) is -4.22. The number of aryl methyl sites for hydroxylation is 1. The number of amides is 1. The molecule has 1 unspecified atom stereocenters.